The maximum atomic E-state index is 11.7. The summed E-state index contributed by atoms with van der Waals surface area (Å²) in [7, 11) is 0. The lowest BCUT2D eigenvalue weighted by Crippen LogP contribution is -2.15. The van der Waals surface area contributed by atoms with Crippen LogP contribution >= 0.6 is 0 Å². The number of hydrogen-bond acceptors (Lipinski definition) is 4. The number of carbonyl (C=O) groups excluding carboxylic acids is 2. The van der Waals surface area contributed by atoms with E-state index in [4.69, 9.17) is 4.74 Å². The van der Waals surface area contributed by atoms with Crippen LogP contribution in [0.3, 0.4) is 0 Å². The topological polar surface area (TPSA) is 56.3 Å². The molecule has 1 aromatic heterocycles. The maximum absolute atomic E-state index is 11.7. The number of ether oxygens (including phenoxy) is 1. The largest absolute Gasteiger partial charge is 0.462 e. The van der Waals surface area contributed by atoms with Gasteiger partial charge < -0.3 is 4.74 Å². The molecule has 0 fully saturated rings. The summed E-state index contributed by atoms with van der Waals surface area (Å²) >= 11 is 0. The molecule has 1 heterocycles. The van der Waals surface area contributed by atoms with Crippen molar-refractivity contribution in [2.45, 2.75) is 27.2 Å². The number of nitrogens with zero attached hydrogens (tertiary/aromatic N) is 1. The summed E-state index contributed by atoms with van der Waals surface area (Å²) in [5, 5.41) is 0. The Bertz CT molecular complexity index is 478. The van der Waals surface area contributed by atoms with E-state index >= 15 is 0 Å². The predicted octanol–water partition coefficient (Wildman–Crippen LogP) is 2.32. The lowest BCUT2D eigenvalue weighted by Gasteiger charge is -2.05. The van der Waals surface area contributed by atoms with Crippen molar-refractivity contribution >= 4 is 17.8 Å². The zero-order chi connectivity index (χ0) is 13.5. The molecule has 1 aromatic rings. The first-order valence-corrected chi connectivity index (χ1v) is 5.92. The summed E-state index contributed by atoms with van der Waals surface area (Å²) in [6.45, 7) is 5.57. The van der Waals surface area contributed by atoms with Crippen LogP contribution in [0.2, 0.25) is 0 Å². The lowest BCUT2D eigenvalue weighted by atomic mass is 10.1. The van der Waals surface area contributed by atoms with E-state index in [0.717, 1.165) is 11.1 Å². The highest BCUT2D eigenvalue weighted by atomic mass is 16.5. The average Bonchev–Trinajstić information content (AvgIpc) is 2.35. The number of hydrogen-bond donors (Lipinski definition) is 0. The molecule has 0 aromatic carbocycles. The van der Waals surface area contributed by atoms with Crippen molar-refractivity contribution in [3.8, 4) is 0 Å². The molecule has 0 spiro atoms. The Morgan fingerprint density at radius 2 is 2.06 bits per heavy atom. The molecule has 0 amide bonds. The van der Waals surface area contributed by atoms with Crippen molar-refractivity contribution in [1.29, 1.82) is 0 Å². The van der Waals surface area contributed by atoms with Gasteiger partial charge in [-0.3, -0.25) is 9.78 Å². The third-order valence-corrected chi connectivity index (χ3v) is 2.32. The maximum Gasteiger partial charge on any atom is 0.341 e. The zero-order valence-corrected chi connectivity index (χ0v) is 10.9. The summed E-state index contributed by atoms with van der Waals surface area (Å²) in [4.78, 5) is 27.4. The summed E-state index contributed by atoms with van der Waals surface area (Å²) in [5.41, 5.74) is 1.77. The van der Waals surface area contributed by atoms with Crippen LogP contribution in [0.5, 0.6) is 0 Å². The molecule has 0 aliphatic carbocycles. The van der Waals surface area contributed by atoms with Crippen molar-refractivity contribution in [1.82, 2.24) is 4.98 Å². The van der Waals surface area contributed by atoms with E-state index in [-0.39, 0.29) is 24.4 Å². The van der Waals surface area contributed by atoms with Crippen LogP contribution in [-0.2, 0) is 14.3 Å². The lowest BCUT2D eigenvalue weighted by molar-refractivity contribution is -0.139. The molecule has 0 saturated heterocycles. The predicted molar refractivity (Wildman–Crippen MR) is 68.9 cm³/mol. The molecule has 0 N–H and O–H groups in total. The molecule has 0 bridgehead atoms. The van der Waals surface area contributed by atoms with Crippen LogP contribution < -0.4 is 0 Å². The first-order chi connectivity index (χ1) is 8.58. The second kappa shape index (κ2) is 6.69. The molecule has 0 unspecified atom stereocenters. The third-order valence-electron chi connectivity index (χ3n) is 2.32. The molecule has 0 aliphatic heterocycles. The fourth-order valence-electron chi connectivity index (χ4n) is 1.48. The molecular weight excluding hydrogens is 230 g/mol. The molecule has 1 rings (SSSR count). The molecule has 4 nitrogen and oxygen atoms in total. The fraction of sp³-hybridized carbons (Fsp3) is 0.357. The van der Waals surface area contributed by atoms with Crippen molar-refractivity contribution < 1.29 is 14.3 Å². The van der Waals surface area contributed by atoms with Gasteiger partial charge in [-0.1, -0.05) is 6.92 Å². The summed E-state index contributed by atoms with van der Waals surface area (Å²) in [5.74, 6) is -0.805. The van der Waals surface area contributed by atoms with E-state index in [1.807, 2.05) is 13.0 Å². The van der Waals surface area contributed by atoms with E-state index in [1.165, 1.54) is 6.08 Å². The second-order valence-corrected chi connectivity index (χ2v) is 3.85. The molecule has 96 valence electrons. The molecular formula is C14H17NO3. The second-order valence-electron chi connectivity index (χ2n) is 3.85. The molecule has 4 heteroatoms. The number of aryl methyl sites for hydroxylation is 1. The first kappa shape index (κ1) is 14.1. The highest BCUT2D eigenvalue weighted by Crippen LogP contribution is 2.11. The van der Waals surface area contributed by atoms with Crippen molar-refractivity contribution in [3.63, 3.8) is 0 Å². The van der Waals surface area contributed by atoms with Gasteiger partial charge >= 0.3 is 5.97 Å². The van der Waals surface area contributed by atoms with Crippen LogP contribution in [0.15, 0.2) is 24.0 Å². The highest BCUT2D eigenvalue weighted by molar-refractivity contribution is 6.20. The fourth-order valence-corrected chi connectivity index (χ4v) is 1.48. The van der Waals surface area contributed by atoms with Gasteiger partial charge in [-0.15, -0.1) is 0 Å². The number of aromatic nitrogens is 1. The van der Waals surface area contributed by atoms with E-state index in [1.54, 1.807) is 26.2 Å². The monoisotopic (exact) mass is 247 g/mol. The minimum Gasteiger partial charge on any atom is -0.462 e. The zero-order valence-electron chi connectivity index (χ0n) is 10.9. The molecule has 0 atom stereocenters. The first-order valence-electron chi connectivity index (χ1n) is 5.92. The number of esters is 1. The molecule has 0 aliphatic rings. The van der Waals surface area contributed by atoms with Crippen LogP contribution in [0.25, 0.3) is 6.08 Å². The van der Waals surface area contributed by atoms with Gasteiger partial charge in [-0.25, -0.2) is 4.79 Å². The highest BCUT2D eigenvalue weighted by Gasteiger charge is 2.17. The van der Waals surface area contributed by atoms with E-state index in [0.29, 0.717) is 0 Å². The Labute approximate surface area is 107 Å². The Morgan fingerprint density at radius 3 is 2.61 bits per heavy atom. The van der Waals surface area contributed by atoms with Gasteiger partial charge in [0, 0.05) is 18.8 Å². The van der Waals surface area contributed by atoms with Crippen LogP contribution in [0.4, 0.5) is 0 Å². The summed E-state index contributed by atoms with van der Waals surface area (Å²) in [6, 6.07) is 1.86. The van der Waals surface area contributed by atoms with Gasteiger partial charge in [0.25, 0.3) is 0 Å². The minimum absolute atomic E-state index is 0.0757. The van der Waals surface area contributed by atoms with E-state index < -0.39 is 5.97 Å². The van der Waals surface area contributed by atoms with Crippen molar-refractivity contribution in [2.75, 3.05) is 6.61 Å². The smallest absolute Gasteiger partial charge is 0.341 e. The van der Waals surface area contributed by atoms with Gasteiger partial charge in [-0.05, 0) is 37.1 Å². The van der Waals surface area contributed by atoms with Gasteiger partial charge in [-0.2, -0.15) is 0 Å². The van der Waals surface area contributed by atoms with Crippen LogP contribution in [0.1, 0.15) is 31.4 Å². The Morgan fingerprint density at radius 1 is 1.33 bits per heavy atom. The Kier molecular flexibility index (Phi) is 5.24. The number of carbonyl (C=O) groups is 2. The molecule has 18 heavy (non-hydrogen) atoms. The molecule has 0 radical (unpaired) electrons. The number of pyridine rings is 1. The summed E-state index contributed by atoms with van der Waals surface area (Å²) < 4.78 is 4.88. The van der Waals surface area contributed by atoms with Crippen molar-refractivity contribution in [2.24, 2.45) is 0 Å². The summed E-state index contributed by atoms with van der Waals surface area (Å²) in [6.07, 6.45) is 5.12. The third kappa shape index (κ3) is 3.80. The quantitative estimate of drug-likeness (QED) is 0.347. The van der Waals surface area contributed by atoms with Crippen molar-refractivity contribution in [3.05, 3.63) is 35.2 Å². The van der Waals surface area contributed by atoms with Gasteiger partial charge in [0.05, 0.1) is 6.61 Å². The van der Waals surface area contributed by atoms with Gasteiger partial charge in [0.15, 0.2) is 5.78 Å². The van der Waals surface area contributed by atoms with Gasteiger partial charge in [0.1, 0.15) is 5.57 Å². The van der Waals surface area contributed by atoms with E-state index in [2.05, 4.69) is 4.98 Å². The van der Waals surface area contributed by atoms with Crippen LogP contribution in [0, 0.1) is 6.92 Å². The normalized spacial score (nSPS) is 11.2. The Balaban J connectivity index is 3.10. The SMILES string of the molecule is CCOC(=O)C(=Cc1cncc(C)c1)C(=O)CC. The number of Topliss-reactive ketones (excluding diaryl/α,β-unsaturated/α-hetero) is 1. The van der Waals surface area contributed by atoms with Gasteiger partial charge in [0.2, 0.25) is 0 Å². The average molecular weight is 247 g/mol. The number of rotatable bonds is 5. The van der Waals surface area contributed by atoms with Crippen LogP contribution in [-0.4, -0.2) is 23.3 Å². The number of ketones is 1. The molecule has 0 saturated carbocycles. The standard InChI is InChI=1S/C14H17NO3/c1-4-13(16)12(14(17)18-5-2)7-11-6-10(3)8-15-9-11/h6-9H,4-5H2,1-3H3. The minimum atomic E-state index is -0.578. The van der Waals surface area contributed by atoms with E-state index in [9.17, 15) is 9.59 Å². The Hall–Kier alpha value is -1.97.